The van der Waals surface area contributed by atoms with Crippen LogP contribution in [0.25, 0.3) is 11.0 Å². The maximum atomic E-state index is 5.71. The van der Waals surface area contributed by atoms with E-state index in [9.17, 15) is 0 Å². The van der Waals surface area contributed by atoms with Crippen molar-refractivity contribution >= 4 is 11.0 Å². The van der Waals surface area contributed by atoms with Crippen LogP contribution in [0.5, 0.6) is 11.5 Å². The molecular weight excluding hydrogens is 294 g/mol. The number of aromatic nitrogens is 2. The van der Waals surface area contributed by atoms with E-state index in [1.54, 1.807) is 0 Å². The molecular formula is C17H25N3O3. The standard InChI is InChI=1S/C17H25N3O3/c1-12(2)9-17-19-13-10-15-16(23-8-7-22-15)11-14(13)20(17)4-6-21-5-3-18/h10-12H,3-9,18H2,1-2H3. The van der Waals surface area contributed by atoms with E-state index in [0.29, 0.717) is 38.9 Å². The van der Waals surface area contributed by atoms with E-state index in [2.05, 4.69) is 18.4 Å². The maximum Gasteiger partial charge on any atom is 0.163 e. The molecule has 0 atom stereocenters. The maximum absolute atomic E-state index is 5.71. The van der Waals surface area contributed by atoms with E-state index >= 15 is 0 Å². The minimum atomic E-state index is 0.539. The Balaban J connectivity index is 1.94. The van der Waals surface area contributed by atoms with Crippen molar-refractivity contribution in [2.24, 2.45) is 11.7 Å². The van der Waals surface area contributed by atoms with Crippen LogP contribution >= 0.6 is 0 Å². The van der Waals surface area contributed by atoms with E-state index in [0.717, 1.165) is 41.3 Å². The molecule has 6 heteroatoms. The van der Waals surface area contributed by atoms with Crippen molar-refractivity contribution in [3.8, 4) is 11.5 Å². The third-order valence-electron chi connectivity index (χ3n) is 3.80. The van der Waals surface area contributed by atoms with E-state index in [4.69, 9.17) is 24.9 Å². The van der Waals surface area contributed by atoms with Crippen LogP contribution in [0, 0.1) is 5.92 Å². The Hall–Kier alpha value is -1.79. The molecule has 126 valence electrons. The van der Waals surface area contributed by atoms with Crippen molar-refractivity contribution in [3.05, 3.63) is 18.0 Å². The Labute approximate surface area is 136 Å². The average molecular weight is 319 g/mol. The highest BCUT2D eigenvalue weighted by Gasteiger charge is 2.18. The SMILES string of the molecule is CC(C)Cc1nc2cc3c(cc2n1CCOCCN)OCCO3. The summed E-state index contributed by atoms with van der Waals surface area (Å²) in [5.74, 6) is 3.19. The minimum absolute atomic E-state index is 0.539. The molecule has 1 aliphatic rings. The van der Waals surface area contributed by atoms with Gasteiger partial charge in [0.1, 0.15) is 19.0 Å². The van der Waals surface area contributed by atoms with Gasteiger partial charge >= 0.3 is 0 Å². The van der Waals surface area contributed by atoms with Gasteiger partial charge in [0.2, 0.25) is 0 Å². The van der Waals surface area contributed by atoms with Gasteiger partial charge in [-0.1, -0.05) is 13.8 Å². The number of fused-ring (bicyclic) bond motifs is 2. The largest absolute Gasteiger partial charge is 0.486 e. The molecule has 23 heavy (non-hydrogen) atoms. The highest BCUT2D eigenvalue weighted by molar-refractivity contribution is 5.80. The molecule has 0 unspecified atom stereocenters. The van der Waals surface area contributed by atoms with Gasteiger partial charge in [0.15, 0.2) is 11.5 Å². The Morgan fingerprint density at radius 1 is 1.22 bits per heavy atom. The summed E-state index contributed by atoms with van der Waals surface area (Å²) in [6, 6.07) is 4.01. The lowest BCUT2D eigenvalue weighted by atomic mass is 10.1. The van der Waals surface area contributed by atoms with Gasteiger partial charge in [0, 0.05) is 31.6 Å². The van der Waals surface area contributed by atoms with E-state index < -0.39 is 0 Å². The number of hydrogen-bond acceptors (Lipinski definition) is 5. The van der Waals surface area contributed by atoms with Crippen LogP contribution in [0.1, 0.15) is 19.7 Å². The topological polar surface area (TPSA) is 71.5 Å². The molecule has 0 bridgehead atoms. The molecule has 0 spiro atoms. The lowest BCUT2D eigenvalue weighted by molar-refractivity contribution is 0.133. The third kappa shape index (κ3) is 3.59. The summed E-state index contributed by atoms with van der Waals surface area (Å²) in [5, 5.41) is 0. The molecule has 0 saturated carbocycles. The molecule has 1 aromatic heterocycles. The van der Waals surface area contributed by atoms with Crippen molar-refractivity contribution in [2.75, 3.05) is 33.0 Å². The van der Waals surface area contributed by atoms with Crippen LogP contribution in [-0.4, -0.2) is 42.5 Å². The van der Waals surface area contributed by atoms with Crippen LogP contribution in [0.4, 0.5) is 0 Å². The summed E-state index contributed by atoms with van der Waals surface area (Å²) in [6.07, 6.45) is 0.929. The first-order valence-electron chi connectivity index (χ1n) is 8.25. The zero-order valence-corrected chi connectivity index (χ0v) is 13.9. The van der Waals surface area contributed by atoms with Crippen molar-refractivity contribution in [1.29, 1.82) is 0 Å². The fourth-order valence-corrected chi connectivity index (χ4v) is 2.82. The molecule has 0 aliphatic carbocycles. The number of nitrogens with zero attached hydrogens (tertiary/aromatic N) is 2. The number of ether oxygens (including phenoxy) is 3. The first-order valence-corrected chi connectivity index (χ1v) is 8.25. The van der Waals surface area contributed by atoms with Crippen molar-refractivity contribution < 1.29 is 14.2 Å². The first-order chi connectivity index (χ1) is 11.2. The van der Waals surface area contributed by atoms with Crippen molar-refractivity contribution in [2.45, 2.75) is 26.8 Å². The second kappa shape index (κ2) is 7.19. The molecule has 2 heterocycles. The smallest absolute Gasteiger partial charge is 0.163 e. The third-order valence-corrected chi connectivity index (χ3v) is 3.80. The van der Waals surface area contributed by atoms with Crippen molar-refractivity contribution in [3.63, 3.8) is 0 Å². The molecule has 0 amide bonds. The monoisotopic (exact) mass is 319 g/mol. The fraction of sp³-hybridized carbons (Fsp3) is 0.588. The Bertz CT molecular complexity index is 667. The number of hydrogen-bond donors (Lipinski definition) is 1. The molecule has 0 fully saturated rings. The lowest BCUT2D eigenvalue weighted by Crippen LogP contribution is -2.16. The van der Waals surface area contributed by atoms with Crippen LogP contribution in [-0.2, 0) is 17.7 Å². The molecule has 2 aromatic rings. The number of nitrogens with two attached hydrogens (primary N) is 1. The van der Waals surface area contributed by atoms with Gasteiger partial charge < -0.3 is 24.5 Å². The molecule has 3 rings (SSSR count). The number of imidazole rings is 1. The first kappa shape index (κ1) is 16.1. The summed E-state index contributed by atoms with van der Waals surface area (Å²) < 4.78 is 19.1. The van der Waals surface area contributed by atoms with Crippen LogP contribution in [0.2, 0.25) is 0 Å². The molecule has 1 aromatic carbocycles. The second-order valence-electron chi connectivity index (χ2n) is 6.16. The molecule has 2 N–H and O–H groups in total. The highest BCUT2D eigenvalue weighted by atomic mass is 16.6. The highest BCUT2D eigenvalue weighted by Crippen LogP contribution is 2.35. The summed E-state index contributed by atoms with van der Waals surface area (Å²) in [4.78, 5) is 4.81. The number of benzene rings is 1. The molecule has 0 radical (unpaired) electrons. The Morgan fingerprint density at radius 2 is 1.96 bits per heavy atom. The number of rotatable bonds is 7. The van der Waals surface area contributed by atoms with Crippen LogP contribution in [0.15, 0.2) is 12.1 Å². The van der Waals surface area contributed by atoms with Crippen LogP contribution in [0.3, 0.4) is 0 Å². The van der Waals surface area contributed by atoms with Gasteiger partial charge in [-0.25, -0.2) is 4.98 Å². The molecule has 1 aliphatic heterocycles. The van der Waals surface area contributed by atoms with Gasteiger partial charge in [0.25, 0.3) is 0 Å². The average Bonchev–Trinajstić information content (AvgIpc) is 2.85. The molecule has 0 saturated heterocycles. The zero-order chi connectivity index (χ0) is 16.2. The minimum Gasteiger partial charge on any atom is -0.486 e. The Kier molecular flexibility index (Phi) is 5.03. The predicted octanol–water partition coefficient (Wildman–Crippen LogP) is 1.98. The van der Waals surface area contributed by atoms with E-state index in [1.165, 1.54) is 0 Å². The van der Waals surface area contributed by atoms with Crippen LogP contribution < -0.4 is 15.2 Å². The second-order valence-corrected chi connectivity index (χ2v) is 6.16. The van der Waals surface area contributed by atoms with Gasteiger partial charge in [0.05, 0.1) is 24.2 Å². The summed E-state index contributed by atoms with van der Waals surface area (Å²) in [7, 11) is 0. The zero-order valence-electron chi connectivity index (χ0n) is 13.9. The van der Waals surface area contributed by atoms with E-state index in [-0.39, 0.29) is 0 Å². The van der Waals surface area contributed by atoms with Gasteiger partial charge in [-0.2, -0.15) is 0 Å². The van der Waals surface area contributed by atoms with Gasteiger partial charge in [-0.15, -0.1) is 0 Å². The van der Waals surface area contributed by atoms with E-state index in [1.807, 2.05) is 12.1 Å². The quantitative estimate of drug-likeness (QED) is 0.790. The summed E-state index contributed by atoms with van der Waals surface area (Å²) >= 11 is 0. The lowest BCUT2D eigenvalue weighted by Gasteiger charge is -2.18. The van der Waals surface area contributed by atoms with Crippen molar-refractivity contribution in [1.82, 2.24) is 9.55 Å². The summed E-state index contributed by atoms with van der Waals surface area (Å²) in [5.41, 5.74) is 7.49. The normalized spacial score (nSPS) is 13.9. The Morgan fingerprint density at radius 3 is 2.65 bits per heavy atom. The molecule has 6 nitrogen and oxygen atoms in total. The van der Waals surface area contributed by atoms with Gasteiger partial charge in [-0.3, -0.25) is 0 Å². The summed E-state index contributed by atoms with van der Waals surface area (Å²) in [6.45, 7) is 8.09. The van der Waals surface area contributed by atoms with Gasteiger partial charge in [-0.05, 0) is 5.92 Å². The predicted molar refractivity (Wildman–Crippen MR) is 89.1 cm³/mol. The fourth-order valence-electron chi connectivity index (χ4n) is 2.82.